The lowest BCUT2D eigenvalue weighted by atomic mass is 9.85. The van der Waals surface area contributed by atoms with Crippen LogP contribution in [-0.4, -0.2) is 7.11 Å². The van der Waals surface area contributed by atoms with E-state index in [4.69, 9.17) is 9.47 Å². The summed E-state index contributed by atoms with van der Waals surface area (Å²) in [6.07, 6.45) is 6.58. The van der Waals surface area contributed by atoms with Gasteiger partial charge in [0.25, 0.3) is 0 Å². The number of benzene rings is 2. The number of ether oxygens (including phenoxy) is 2. The highest BCUT2D eigenvalue weighted by Gasteiger charge is 2.27. The summed E-state index contributed by atoms with van der Waals surface area (Å²) in [5.74, 6) is 2.96. The number of hydrogen-bond donors (Lipinski definition) is 0. The summed E-state index contributed by atoms with van der Waals surface area (Å²) >= 11 is 0. The van der Waals surface area contributed by atoms with Crippen LogP contribution < -0.4 is 9.47 Å². The molecule has 0 saturated carbocycles. The average molecular weight is 316 g/mol. The molecule has 1 unspecified atom stereocenters. The molecule has 2 aromatic carbocycles. The molecule has 0 aromatic heterocycles. The van der Waals surface area contributed by atoms with Crippen molar-refractivity contribution in [2.45, 2.75) is 13.8 Å². The van der Waals surface area contributed by atoms with Crippen molar-refractivity contribution in [1.29, 1.82) is 0 Å². The molecule has 0 N–H and O–H groups in total. The summed E-state index contributed by atoms with van der Waals surface area (Å²) in [6.45, 7) is 4.32. The number of methoxy groups -OCH3 is 1. The first-order valence-corrected chi connectivity index (χ1v) is 8.24. The highest BCUT2D eigenvalue weighted by atomic mass is 16.5. The normalized spacial score (nSPS) is 18.5. The molecule has 2 aliphatic rings. The second-order valence-electron chi connectivity index (χ2n) is 6.32. The minimum Gasteiger partial charge on any atom is -0.497 e. The van der Waals surface area contributed by atoms with Crippen molar-refractivity contribution < 1.29 is 9.47 Å². The number of fused-ring (bicyclic) bond motifs is 2. The molecule has 1 aliphatic carbocycles. The van der Waals surface area contributed by atoms with Gasteiger partial charge in [0.1, 0.15) is 17.3 Å². The Balaban J connectivity index is 2.01. The second-order valence-corrected chi connectivity index (χ2v) is 6.32. The average Bonchev–Trinajstić information content (AvgIpc) is 2.59. The third-order valence-corrected chi connectivity index (χ3v) is 4.61. The van der Waals surface area contributed by atoms with Crippen LogP contribution in [0.5, 0.6) is 11.5 Å². The van der Waals surface area contributed by atoms with Gasteiger partial charge in [0.2, 0.25) is 0 Å². The van der Waals surface area contributed by atoms with Crippen LogP contribution in [0.4, 0.5) is 0 Å². The smallest absolute Gasteiger partial charge is 0.139 e. The van der Waals surface area contributed by atoms with Gasteiger partial charge in [-0.2, -0.15) is 0 Å². The van der Waals surface area contributed by atoms with Crippen molar-refractivity contribution in [1.82, 2.24) is 0 Å². The van der Waals surface area contributed by atoms with Crippen LogP contribution in [0.25, 0.3) is 5.57 Å². The van der Waals surface area contributed by atoms with Gasteiger partial charge >= 0.3 is 0 Å². The fourth-order valence-corrected chi connectivity index (χ4v) is 3.34. The highest BCUT2D eigenvalue weighted by Crippen LogP contribution is 2.45. The zero-order valence-corrected chi connectivity index (χ0v) is 14.2. The van der Waals surface area contributed by atoms with Gasteiger partial charge in [0.15, 0.2) is 0 Å². The van der Waals surface area contributed by atoms with Gasteiger partial charge in [-0.25, -0.2) is 0 Å². The fourth-order valence-electron chi connectivity index (χ4n) is 3.34. The number of allylic oxidation sites excluding steroid dienone is 3. The van der Waals surface area contributed by atoms with E-state index < -0.39 is 0 Å². The third-order valence-electron chi connectivity index (χ3n) is 4.61. The van der Waals surface area contributed by atoms with E-state index in [1.807, 2.05) is 12.1 Å². The summed E-state index contributed by atoms with van der Waals surface area (Å²) in [6, 6.07) is 14.5. The van der Waals surface area contributed by atoms with Crippen molar-refractivity contribution in [3.63, 3.8) is 0 Å². The molecule has 1 heterocycles. The number of aryl methyl sites for hydroxylation is 1. The summed E-state index contributed by atoms with van der Waals surface area (Å²) in [7, 11) is 1.68. The summed E-state index contributed by atoms with van der Waals surface area (Å²) in [5, 5.41) is 0. The molecule has 0 amide bonds. The molecule has 1 atom stereocenters. The lowest BCUT2D eigenvalue weighted by Crippen LogP contribution is -2.13. The quantitative estimate of drug-likeness (QED) is 0.749. The first kappa shape index (κ1) is 14.8. The molecule has 0 fully saturated rings. The molecular formula is C22H20O2. The van der Waals surface area contributed by atoms with Gasteiger partial charge in [-0.1, -0.05) is 43.3 Å². The Labute approximate surface area is 142 Å². The Bertz CT molecular complexity index is 900. The van der Waals surface area contributed by atoms with Crippen LogP contribution in [0.1, 0.15) is 23.6 Å². The van der Waals surface area contributed by atoms with Crippen molar-refractivity contribution >= 4 is 5.57 Å². The van der Waals surface area contributed by atoms with Crippen LogP contribution in [0, 0.1) is 12.8 Å². The summed E-state index contributed by atoms with van der Waals surface area (Å²) < 4.78 is 11.6. The minimum absolute atomic E-state index is 0.369. The molecule has 0 radical (unpaired) electrons. The van der Waals surface area contributed by atoms with Crippen LogP contribution in [0.2, 0.25) is 0 Å². The van der Waals surface area contributed by atoms with E-state index in [0.717, 1.165) is 28.4 Å². The SMILES string of the molecule is COc1ccc2c(c1)OC1=CC(C)C=CC1=C2c1ccccc1C. The molecule has 120 valence electrons. The fraction of sp³-hybridized carbons (Fsp3) is 0.182. The van der Waals surface area contributed by atoms with Crippen LogP contribution >= 0.6 is 0 Å². The van der Waals surface area contributed by atoms with Gasteiger partial charge in [0.05, 0.1) is 7.11 Å². The predicted octanol–water partition coefficient (Wildman–Crippen LogP) is 5.29. The maximum absolute atomic E-state index is 6.21. The molecule has 2 aromatic rings. The predicted molar refractivity (Wildman–Crippen MR) is 97.2 cm³/mol. The van der Waals surface area contributed by atoms with Gasteiger partial charge in [-0.05, 0) is 42.2 Å². The van der Waals surface area contributed by atoms with E-state index in [1.165, 1.54) is 16.7 Å². The first-order valence-electron chi connectivity index (χ1n) is 8.24. The maximum Gasteiger partial charge on any atom is 0.139 e. The van der Waals surface area contributed by atoms with Crippen LogP contribution in [-0.2, 0) is 0 Å². The van der Waals surface area contributed by atoms with E-state index >= 15 is 0 Å². The Hall–Kier alpha value is -2.74. The summed E-state index contributed by atoms with van der Waals surface area (Å²) in [4.78, 5) is 0. The molecule has 2 nitrogen and oxygen atoms in total. The van der Waals surface area contributed by atoms with Gasteiger partial charge in [0, 0.05) is 22.8 Å². The Morgan fingerprint density at radius 3 is 2.67 bits per heavy atom. The Morgan fingerprint density at radius 1 is 1.04 bits per heavy atom. The Morgan fingerprint density at radius 2 is 1.88 bits per heavy atom. The van der Waals surface area contributed by atoms with Crippen molar-refractivity contribution in [3.8, 4) is 11.5 Å². The van der Waals surface area contributed by atoms with Crippen LogP contribution in [0.15, 0.2) is 72.0 Å². The van der Waals surface area contributed by atoms with E-state index in [1.54, 1.807) is 7.11 Å². The maximum atomic E-state index is 6.21. The molecular weight excluding hydrogens is 296 g/mol. The molecule has 4 rings (SSSR count). The molecule has 0 spiro atoms. The monoisotopic (exact) mass is 316 g/mol. The van der Waals surface area contributed by atoms with Gasteiger partial charge < -0.3 is 9.47 Å². The molecule has 0 saturated heterocycles. The first-order chi connectivity index (χ1) is 11.7. The van der Waals surface area contributed by atoms with Crippen molar-refractivity contribution in [2.24, 2.45) is 5.92 Å². The number of rotatable bonds is 2. The highest BCUT2D eigenvalue weighted by molar-refractivity contribution is 5.91. The molecule has 24 heavy (non-hydrogen) atoms. The van der Waals surface area contributed by atoms with Gasteiger partial charge in [-0.3, -0.25) is 0 Å². The molecule has 2 heteroatoms. The van der Waals surface area contributed by atoms with E-state index in [2.05, 4.69) is 62.4 Å². The van der Waals surface area contributed by atoms with Crippen molar-refractivity contribution in [2.75, 3.05) is 7.11 Å². The Kier molecular flexibility index (Phi) is 3.53. The van der Waals surface area contributed by atoms with Crippen LogP contribution in [0.3, 0.4) is 0 Å². The minimum atomic E-state index is 0.369. The van der Waals surface area contributed by atoms with E-state index in [0.29, 0.717) is 5.92 Å². The van der Waals surface area contributed by atoms with Gasteiger partial charge in [-0.15, -0.1) is 0 Å². The molecule has 1 aliphatic heterocycles. The second kappa shape index (κ2) is 5.72. The standard InChI is InChI=1S/C22H20O2/c1-14-8-10-18-20(12-14)24-21-13-16(23-3)9-11-19(21)22(18)17-7-5-4-6-15(17)2/h4-14H,1-3H3. The molecule has 0 bridgehead atoms. The van der Waals surface area contributed by atoms with Crippen molar-refractivity contribution in [3.05, 3.63) is 88.7 Å². The zero-order chi connectivity index (χ0) is 16.7. The number of hydrogen-bond acceptors (Lipinski definition) is 2. The lowest BCUT2D eigenvalue weighted by molar-refractivity contribution is 0.399. The third kappa shape index (κ3) is 2.35. The largest absolute Gasteiger partial charge is 0.497 e. The van der Waals surface area contributed by atoms with E-state index in [9.17, 15) is 0 Å². The van der Waals surface area contributed by atoms with E-state index in [-0.39, 0.29) is 0 Å². The summed E-state index contributed by atoms with van der Waals surface area (Å²) in [5.41, 5.74) is 5.99. The lowest BCUT2D eigenvalue weighted by Gasteiger charge is -2.28. The zero-order valence-electron chi connectivity index (χ0n) is 14.2. The topological polar surface area (TPSA) is 18.5 Å².